The lowest BCUT2D eigenvalue weighted by molar-refractivity contribution is 0.383. The highest BCUT2D eigenvalue weighted by molar-refractivity contribution is 5.21. The van der Waals surface area contributed by atoms with Crippen molar-refractivity contribution < 1.29 is 4.39 Å². The van der Waals surface area contributed by atoms with Gasteiger partial charge in [-0.1, -0.05) is 18.2 Å². The molecule has 0 aliphatic heterocycles. The largest absolute Gasteiger partial charge is 0.312 e. The van der Waals surface area contributed by atoms with Crippen molar-refractivity contribution in [2.75, 3.05) is 0 Å². The van der Waals surface area contributed by atoms with Crippen molar-refractivity contribution >= 4 is 0 Å². The summed E-state index contributed by atoms with van der Waals surface area (Å²) in [6.07, 6.45) is 2.15. The fourth-order valence-corrected chi connectivity index (χ4v) is 1.75. The monoisotopic (exact) mass is 233 g/mol. The topological polar surface area (TPSA) is 30.7 Å². The maximum Gasteiger partial charge on any atom is 0.137 e. The number of nitrogens with zero attached hydrogens (tertiary/aromatic N) is 3. The molecule has 1 heterocycles. The summed E-state index contributed by atoms with van der Waals surface area (Å²) in [7, 11) is 0. The van der Waals surface area contributed by atoms with Crippen LogP contribution in [0.1, 0.15) is 32.2 Å². The van der Waals surface area contributed by atoms with Gasteiger partial charge in [0.25, 0.3) is 0 Å². The third kappa shape index (κ3) is 2.52. The van der Waals surface area contributed by atoms with Crippen LogP contribution in [0.2, 0.25) is 0 Å². The Hall–Kier alpha value is -1.71. The fourth-order valence-electron chi connectivity index (χ4n) is 1.75. The summed E-state index contributed by atoms with van der Waals surface area (Å²) in [6.45, 7) is 6.21. The predicted octanol–water partition coefficient (Wildman–Crippen LogP) is 2.76. The average molecular weight is 233 g/mol. The van der Waals surface area contributed by atoms with Crippen molar-refractivity contribution in [1.29, 1.82) is 0 Å². The van der Waals surface area contributed by atoms with Crippen LogP contribution in [-0.2, 0) is 12.0 Å². The van der Waals surface area contributed by atoms with Crippen LogP contribution in [0.25, 0.3) is 0 Å². The molecule has 0 amide bonds. The first-order valence-corrected chi connectivity index (χ1v) is 5.61. The molecule has 0 spiro atoms. The molecule has 0 N–H and O–H groups in total. The summed E-state index contributed by atoms with van der Waals surface area (Å²) in [6, 6.07) is 6.76. The molecular weight excluding hydrogens is 217 g/mol. The minimum Gasteiger partial charge on any atom is -0.312 e. The lowest BCUT2D eigenvalue weighted by atomic mass is 10.1. The van der Waals surface area contributed by atoms with Gasteiger partial charge in [-0.2, -0.15) is 0 Å². The SMILES string of the molecule is CC(C)(C)n1cnnc1Cc1ccccc1F. The average Bonchev–Trinajstić information content (AvgIpc) is 2.69. The van der Waals surface area contributed by atoms with Crippen LogP contribution >= 0.6 is 0 Å². The first-order chi connectivity index (χ1) is 7.98. The Kier molecular flexibility index (Phi) is 2.96. The second-order valence-corrected chi connectivity index (χ2v) is 5.06. The fraction of sp³-hybridized carbons (Fsp3) is 0.385. The van der Waals surface area contributed by atoms with Gasteiger partial charge in [-0.05, 0) is 32.4 Å². The molecule has 1 aromatic carbocycles. The van der Waals surface area contributed by atoms with Crippen LogP contribution in [0.4, 0.5) is 4.39 Å². The van der Waals surface area contributed by atoms with Crippen LogP contribution in [0.15, 0.2) is 30.6 Å². The van der Waals surface area contributed by atoms with Crippen LogP contribution in [0, 0.1) is 5.82 Å². The second-order valence-electron chi connectivity index (χ2n) is 5.06. The Morgan fingerprint density at radius 3 is 2.59 bits per heavy atom. The van der Waals surface area contributed by atoms with Gasteiger partial charge in [-0.25, -0.2) is 4.39 Å². The Balaban J connectivity index is 2.32. The van der Waals surface area contributed by atoms with Crippen molar-refractivity contribution in [2.45, 2.75) is 32.7 Å². The summed E-state index contributed by atoms with van der Waals surface area (Å²) in [5.41, 5.74) is 0.551. The third-order valence-corrected chi connectivity index (χ3v) is 2.65. The smallest absolute Gasteiger partial charge is 0.137 e. The molecule has 2 aromatic rings. The van der Waals surface area contributed by atoms with E-state index in [1.807, 2.05) is 10.6 Å². The molecule has 0 saturated carbocycles. The Morgan fingerprint density at radius 1 is 1.24 bits per heavy atom. The minimum atomic E-state index is -0.198. The third-order valence-electron chi connectivity index (χ3n) is 2.65. The van der Waals surface area contributed by atoms with E-state index in [1.165, 1.54) is 6.07 Å². The first-order valence-electron chi connectivity index (χ1n) is 5.61. The van der Waals surface area contributed by atoms with Crippen LogP contribution in [0.5, 0.6) is 0 Å². The number of hydrogen-bond donors (Lipinski definition) is 0. The van der Waals surface area contributed by atoms with Gasteiger partial charge in [-0.15, -0.1) is 10.2 Å². The van der Waals surface area contributed by atoms with Crippen molar-refractivity contribution in [2.24, 2.45) is 0 Å². The van der Waals surface area contributed by atoms with E-state index >= 15 is 0 Å². The lowest BCUT2D eigenvalue weighted by Gasteiger charge is -2.22. The van der Waals surface area contributed by atoms with Gasteiger partial charge in [-0.3, -0.25) is 0 Å². The van der Waals surface area contributed by atoms with E-state index in [2.05, 4.69) is 31.0 Å². The Bertz CT molecular complexity index is 511. The number of hydrogen-bond acceptors (Lipinski definition) is 2. The van der Waals surface area contributed by atoms with Gasteiger partial charge >= 0.3 is 0 Å². The summed E-state index contributed by atoms with van der Waals surface area (Å²) >= 11 is 0. The molecule has 0 saturated heterocycles. The molecule has 1 aromatic heterocycles. The first kappa shape index (κ1) is 11.8. The van der Waals surface area contributed by atoms with Crippen LogP contribution in [0.3, 0.4) is 0 Å². The Morgan fingerprint density at radius 2 is 1.94 bits per heavy atom. The van der Waals surface area contributed by atoms with Gasteiger partial charge in [0.2, 0.25) is 0 Å². The molecular formula is C13H16FN3. The summed E-state index contributed by atoms with van der Waals surface area (Å²) in [5, 5.41) is 7.97. The molecule has 0 fully saturated rings. The van der Waals surface area contributed by atoms with Gasteiger partial charge in [0.15, 0.2) is 0 Å². The van der Waals surface area contributed by atoms with Gasteiger partial charge in [0.05, 0.1) is 0 Å². The Labute approximate surface area is 100 Å². The molecule has 0 atom stereocenters. The highest BCUT2D eigenvalue weighted by Gasteiger charge is 2.18. The van der Waals surface area contributed by atoms with Crippen LogP contribution < -0.4 is 0 Å². The lowest BCUT2D eigenvalue weighted by Crippen LogP contribution is -2.23. The molecule has 0 aliphatic carbocycles. The van der Waals surface area contributed by atoms with E-state index in [1.54, 1.807) is 18.5 Å². The molecule has 90 valence electrons. The predicted molar refractivity (Wildman–Crippen MR) is 64.2 cm³/mol. The normalized spacial score (nSPS) is 11.8. The quantitative estimate of drug-likeness (QED) is 0.798. The maximum atomic E-state index is 13.6. The molecule has 0 aliphatic rings. The number of benzene rings is 1. The van der Waals surface area contributed by atoms with E-state index < -0.39 is 0 Å². The molecule has 4 heteroatoms. The second kappa shape index (κ2) is 4.28. The molecule has 0 bridgehead atoms. The zero-order chi connectivity index (χ0) is 12.5. The van der Waals surface area contributed by atoms with E-state index in [4.69, 9.17) is 0 Å². The minimum absolute atomic E-state index is 0.0932. The zero-order valence-corrected chi connectivity index (χ0v) is 10.3. The number of rotatable bonds is 2. The van der Waals surface area contributed by atoms with Crippen molar-refractivity contribution in [3.63, 3.8) is 0 Å². The summed E-state index contributed by atoms with van der Waals surface area (Å²) in [5.74, 6) is 0.582. The van der Waals surface area contributed by atoms with Gasteiger partial charge in [0.1, 0.15) is 18.0 Å². The zero-order valence-electron chi connectivity index (χ0n) is 10.3. The standard InChI is InChI=1S/C13H16FN3/c1-13(2,3)17-9-15-16-12(17)8-10-6-4-5-7-11(10)14/h4-7,9H,8H2,1-3H3. The summed E-state index contributed by atoms with van der Waals surface area (Å²) < 4.78 is 15.5. The molecule has 17 heavy (non-hydrogen) atoms. The molecule has 2 rings (SSSR count). The molecule has 0 radical (unpaired) electrons. The maximum absolute atomic E-state index is 13.6. The van der Waals surface area contributed by atoms with E-state index in [9.17, 15) is 4.39 Å². The summed E-state index contributed by atoms with van der Waals surface area (Å²) in [4.78, 5) is 0. The van der Waals surface area contributed by atoms with Gasteiger partial charge < -0.3 is 4.57 Å². The molecule has 0 unspecified atom stereocenters. The number of aromatic nitrogens is 3. The molecule has 3 nitrogen and oxygen atoms in total. The van der Waals surface area contributed by atoms with Crippen molar-refractivity contribution in [3.05, 3.63) is 47.8 Å². The van der Waals surface area contributed by atoms with E-state index in [0.29, 0.717) is 12.0 Å². The van der Waals surface area contributed by atoms with Crippen LogP contribution in [-0.4, -0.2) is 14.8 Å². The van der Waals surface area contributed by atoms with E-state index in [0.717, 1.165) is 5.82 Å². The van der Waals surface area contributed by atoms with Crippen molar-refractivity contribution in [3.8, 4) is 0 Å². The van der Waals surface area contributed by atoms with E-state index in [-0.39, 0.29) is 11.4 Å². The highest BCUT2D eigenvalue weighted by Crippen LogP contribution is 2.18. The highest BCUT2D eigenvalue weighted by atomic mass is 19.1. The van der Waals surface area contributed by atoms with Crippen molar-refractivity contribution in [1.82, 2.24) is 14.8 Å². The van der Waals surface area contributed by atoms with Gasteiger partial charge in [0, 0.05) is 12.0 Å². The number of halogens is 1.